The molecule has 0 radical (unpaired) electrons. The molecule has 0 bridgehead atoms. The van der Waals surface area contributed by atoms with Gasteiger partial charge in [-0.3, -0.25) is 0 Å². The van der Waals surface area contributed by atoms with Gasteiger partial charge in [0, 0.05) is 14.6 Å². The van der Waals surface area contributed by atoms with Gasteiger partial charge in [0.05, 0.1) is 0 Å². The van der Waals surface area contributed by atoms with Crippen molar-refractivity contribution in [1.82, 2.24) is 5.32 Å². The van der Waals surface area contributed by atoms with Gasteiger partial charge >= 0.3 is 0 Å². The summed E-state index contributed by atoms with van der Waals surface area (Å²) in [6.45, 7) is 5.40. The number of halogens is 2. The normalized spacial score (nSPS) is 12.7. The third kappa shape index (κ3) is 5.14. The van der Waals surface area contributed by atoms with E-state index in [-0.39, 0.29) is 0 Å². The molecule has 0 aliphatic heterocycles. The van der Waals surface area contributed by atoms with Crippen LogP contribution in [0.2, 0.25) is 5.02 Å². The minimum Gasteiger partial charge on any atom is -0.310 e. The topological polar surface area (TPSA) is 12.0 Å². The minimum atomic E-state index is 0.442. The molecule has 0 fully saturated rings. The standard InChI is InChI=1S/C14H21ClIN/c1-3-5-6-7-14(17-4-2)12-10-11(15)8-9-13(12)16/h8-10,14,17H,3-7H2,1-2H3. The lowest BCUT2D eigenvalue weighted by molar-refractivity contribution is 0.485. The molecule has 1 unspecified atom stereocenters. The lowest BCUT2D eigenvalue weighted by Gasteiger charge is -2.20. The van der Waals surface area contributed by atoms with E-state index in [9.17, 15) is 0 Å². The number of unbranched alkanes of at least 4 members (excludes halogenated alkanes) is 2. The molecule has 17 heavy (non-hydrogen) atoms. The van der Waals surface area contributed by atoms with Gasteiger partial charge in [0.2, 0.25) is 0 Å². The minimum absolute atomic E-state index is 0.442. The van der Waals surface area contributed by atoms with Crippen LogP contribution in [0.3, 0.4) is 0 Å². The highest BCUT2D eigenvalue weighted by Gasteiger charge is 2.13. The molecule has 0 heterocycles. The second-order valence-corrected chi connectivity index (χ2v) is 5.87. The van der Waals surface area contributed by atoms with Crippen LogP contribution < -0.4 is 5.32 Å². The van der Waals surface area contributed by atoms with Gasteiger partial charge in [0.1, 0.15) is 0 Å². The lowest BCUT2D eigenvalue weighted by Crippen LogP contribution is -2.21. The van der Waals surface area contributed by atoms with Crippen LogP contribution in [0.1, 0.15) is 51.1 Å². The molecule has 1 rings (SSSR count). The Balaban J connectivity index is 2.77. The zero-order chi connectivity index (χ0) is 12.7. The smallest absolute Gasteiger partial charge is 0.0410 e. The highest BCUT2D eigenvalue weighted by molar-refractivity contribution is 14.1. The molecule has 1 nitrogen and oxygen atoms in total. The third-order valence-corrected chi connectivity index (χ3v) is 4.10. The molecule has 0 aliphatic carbocycles. The monoisotopic (exact) mass is 365 g/mol. The van der Waals surface area contributed by atoms with Crippen molar-refractivity contribution in [2.75, 3.05) is 6.54 Å². The van der Waals surface area contributed by atoms with E-state index in [4.69, 9.17) is 11.6 Å². The van der Waals surface area contributed by atoms with Gasteiger partial charge in [-0.1, -0.05) is 44.7 Å². The summed E-state index contributed by atoms with van der Waals surface area (Å²) in [6, 6.07) is 6.60. The molecule has 0 spiro atoms. The Morgan fingerprint density at radius 2 is 2.06 bits per heavy atom. The highest BCUT2D eigenvalue weighted by atomic mass is 127. The van der Waals surface area contributed by atoms with Gasteiger partial charge in [0.25, 0.3) is 0 Å². The van der Waals surface area contributed by atoms with Gasteiger partial charge in [-0.25, -0.2) is 0 Å². The second-order valence-electron chi connectivity index (χ2n) is 4.27. The fraction of sp³-hybridized carbons (Fsp3) is 0.571. The molecule has 0 aliphatic rings. The molecule has 0 amide bonds. The van der Waals surface area contributed by atoms with Crippen molar-refractivity contribution in [3.63, 3.8) is 0 Å². The first-order valence-electron chi connectivity index (χ1n) is 6.37. The van der Waals surface area contributed by atoms with Crippen LogP contribution in [-0.2, 0) is 0 Å². The molecule has 0 saturated heterocycles. The summed E-state index contributed by atoms with van der Waals surface area (Å²) < 4.78 is 1.30. The fourth-order valence-electron chi connectivity index (χ4n) is 1.99. The van der Waals surface area contributed by atoms with E-state index in [1.807, 2.05) is 6.07 Å². The van der Waals surface area contributed by atoms with Crippen LogP contribution in [0.5, 0.6) is 0 Å². The molecule has 1 N–H and O–H groups in total. The average Bonchev–Trinajstić information content (AvgIpc) is 2.32. The maximum atomic E-state index is 6.09. The van der Waals surface area contributed by atoms with E-state index in [2.05, 4.69) is 53.9 Å². The summed E-state index contributed by atoms with van der Waals surface area (Å²) in [7, 11) is 0. The number of nitrogens with one attached hydrogen (secondary N) is 1. The van der Waals surface area contributed by atoms with E-state index in [0.717, 1.165) is 11.6 Å². The van der Waals surface area contributed by atoms with Crippen molar-refractivity contribution in [1.29, 1.82) is 0 Å². The zero-order valence-electron chi connectivity index (χ0n) is 10.6. The van der Waals surface area contributed by atoms with Crippen molar-refractivity contribution in [2.45, 2.75) is 45.6 Å². The van der Waals surface area contributed by atoms with Crippen LogP contribution in [0.25, 0.3) is 0 Å². The molecular weight excluding hydrogens is 345 g/mol. The summed E-state index contributed by atoms with van der Waals surface area (Å²) in [4.78, 5) is 0. The summed E-state index contributed by atoms with van der Waals surface area (Å²) in [6.07, 6.45) is 5.04. The van der Waals surface area contributed by atoms with E-state index in [1.54, 1.807) is 0 Å². The summed E-state index contributed by atoms with van der Waals surface area (Å²) in [5, 5.41) is 4.39. The third-order valence-electron chi connectivity index (χ3n) is 2.88. The predicted octanol–water partition coefficient (Wildman–Crippen LogP) is 5.18. The van der Waals surface area contributed by atoms with Crippen LogP contribution in [0.4, 0.5) is 0 Å². The van der Waals surface area contributed by atoms with Crippen molar-refractivity contribution < 1.29 is 0 Å². The van der Waals surface area contributed by atoms with Gasteiger partial charge in [-0.15, -0.1) is 0 Å². The predicted molar refractivity (Wildman–Crippen MR) is 84.7 cm³/mol. The van der Waals surface area contributed by atoms with E-state index < -0.39 is 0 Å². The largest absolute Gasteiger partial charge is 0.310 e. The quantitative estimate of drug-likeness (QED) is 0.519. The fourth-order valence-corrected chi connectivity index (χ4v) is 2.89. The van der Waals surface area contributed by atoms with Crippen molar-refractivity contribution in [3.05, 3.63) is 32.4 Å². The number of hydrogen-bond acceptors (Lipinski definition) is 1. The molecule has 0 saturated carbocycles. The van der Waals surface area contributed by atoms with Gasteiger partial charge in [0.15, 0.2) is 0 Å². The molecule has 0 aromatic heterocycles. The van der Waals surface area contributed by atoms with Crippen LogP contribution >= 0.6 is 34.2 Å². The average molecular weight is 366 g/mol. The number of hydrogen-bond donors (Lipinski definition) is 1. The van der Waals surface area contributed by atoms with E-state index >= 15 is 0 Å². The first kappa shape index (κ1) is 15.3. The molecule has 1 aromatic carbocycles. The Morgan fingerprint density at radius 3 is 2.71 bits per heavy atom. The van der Waals surface area contributed by atoms with Crippen molar-refractivity contribution in [2.24, 2.45) is 0 Å². The molecule has 96 valence electrons. The Hall–Kier alpha value is 0.200. The molecule has 1 atom stereocenters. The maximum absolute atomic E-state index is 6.09. The SMILES string of the molecule is CCCCCC(NCC)c1cc(Cl)ccc1I. The van der Waals surface area contributed by atoms with Crippen LogP contribution in [0, 0.1) is 3.57 Å². The van der Waals surface area contributed by atoms with E-state index in [1.165, 1.54) is 34.8 Å². The Morgan fingerprint density at radius 1 is 1.29 bits per heavy atom. The number of benzene rings is 1. The van der Waals surface area contributed by atoms with Gasteiger partial charge in [-0.2, -0.15) is 0 Å². The zero-order valence-corrected chi connectivity index (χ0v) is 13.5. The first-order chi connectivity index (χ1) is 8.19. The molecule has 3 heteroatoms. The van der Waals surface area contributed by atoms with Crippen LogP contribution in [-0.4, -0.2) is 6.54 Å². The summed E-state index contributed by atoms with van der Waals surface area (Å²) in [5.41, 5.74) is 1.34. The Labute approximate surface area is 123 Å². The lowest BCUT2D eigenvalue weighted by atomic mass is 10.0. The maximum Gasteiger partial charge on any atom is 0.0410 e. The highest BCUT2D eigenvalue weighted by Crippen LogP contribution is 2.27. The molecular formula is C14H21ClIN. The van der Waals surface area contributed by atoms with Crippen LogP contribution in [0.15, 0.2) is 18.2 Å². The second kappa shape index (κ2) is 8.33. The van der Waals surface area contributed by atoms with Gasteiger partial charge in [-0.05, 0) is 59.3 Å². The van der Waals surface area contributed by atoms with Crippen molar-refractivity contribution in [3.8, 4) is 0 Å². The van der Waals surface area contributed by atoms with E-state index in [0.29, 0.717) is 6.04 Å². The summed E-state index contributed by atoms with van der Waals surface area (Å²) in [5.74, 6) is 0. The number of rotatable bonds is 7. The molecule has 1 aromatic rings. The first-order valence-corrected chi connectivity index (χ1v) is 7.83. The Kier molecular flexibility index (Phi) is 7.47. The summed E-state index contributed by atoms with van der Waals surface area (Å²) >= 11 is 8.49. The Bertz CT molecular complexity index is 341. The van der Waals surface area contributed by atoms with Gasteiger partial charge < -0.3 is 5.32 Å². The van der Waals surface area contributed by atoms with Crippen molar-refractivity contribution >= 4 is 34.2 Å².